The molecule has 0 heterocycles. The number of hydrogen-bond acceptors (Lipinski definition) is 6. The van der Waals surface area contributed by atoms with Crippen LogP contribution in [0.2, 0.25) is 0 Å². The summed E-state index contributed by atoms with van der Waals surface area (Å²) in [6, 6.07) is 11.5. The molecule has 0 aliphatic heterocycles. The number of benzene rings is 2. The largest absolute Gasteiger partial charge is 0.505 e. The molecule has 0 aliphatic rings. The van der Waals surface area contributed by atoms with Crippen LogP contribution in [0.5, 0.6) is 5.75 Å². The molecule has 0 bridgehead atoms. The number of aromatic hydroxyl groups is 1. The van der Waals surface area contributed by atoms with E-state index < -0.39 is 41.7 Å². The number of rotatable bonds is 9. The van der Waals surface area contributed by atoms with Crippen molar-refractivity contribution in [2.24, 2.45) is 0 Å². The Kier molecular flexibility index (Phi) is 8.71. The highest BCUT2D eigenvalue weighted by Crippen LogP contribution is 2.29. The summed E-state index contributed by atoms with van der Waals surface area (Å²) >= 11 is 0. The van der Waals surface area contributed by atoms with E-state index in [9.17, 15) is 23.9 Å². The zero-order valence-electron chi connectivity index (χ0n) is 16.7. The lowest BCUT2D eigenvalue weighted by Gasteiger charge is -2.26. The summed E-state index contributed by atoms with van der Waals surface area (Å²) in [4.78, 5) is 35.2. The van der Waals surface area contributed by atoms with Gasteiger partial charge in [-0.05, 0) is 42.7 Å². The van der Waals surface area contributed by atoms with Crippen molar-refractivity contribution in [3.63, 3.8) is 0 Å². The molecule has 0 saturated carbocycles. The predicted octanol–water partition coefficient (Wildman–Crippen LogP) is 3.58. The van der Waals surface area contributed by atoms with Gasteiger partial charge in [0.05, 0.1) is 6.10 Å². The first-order valence-electron chi connectivity index (χ1n) is 9.29. The lowest BCUT2D eigenvalue weighted by molar-refractivity contribution is -0.131. The molecule has 9 heteroatoms. The molecule has 164 valence electrons. The van der Waals surface area contributed by atoms with Crippen LogP contribution in [0.15, 0.2) is 60.7 Å². The number of carboxylic acids is 1. The van der Waals surface area contributed by atoms with Crippen LogP contribution in [-0.2, 0) is 14.3 Å². The van der Waals surface area contributed by atoms with Gasteiger partial charge in [-0.3, -0.25) is 10.1 Å². The second kappa shape index (κ2) is 11.5. The van der Waals surface area contributed by atoms with Crippen LogP contribution in [0.1, 0.15) is 34.9 Å². The van der Waals surface area contributed by atoms with Crippen LogP contribution in [0.4, 0.5) is 9.18 Å². The van der Waals surface area contributed by atoms with Crippen LogP contribution in [0.25, 0.3) is 0 Å². The number of hydrogen-bond donors (Lipinski definition) is 3. The van der Waals surface area contributed by atoms with Crippen LogP contribution in [0.3, 0.4) is 0 Å². The van der Waals surface area contributed by atoms with Gasteiger partial charge in [0.1, 0.15) is 0 Å². The van der Waals surface area contributed by atoms with Gasteiger partial charge in [0.2, 0.25) is 0 Å². The molecule has 2 atom stereocenters. The molecule has 0 spiro atoms. The number of carbonyl (C=O) groups is 3. The maximum atomic E-state index is 13.9. The number of alkyl carbamates (subject to hydrolysis) is 1. The van der Waals surface area contributed by atoms with Crippen LogP contribution in [-0.4, -0.2) is 41.4 Å². The smallest absolute Gasteiger partial charge is 0.414 e. The van der Waals surface area contributed by atoms with E-state index in [4.69, 9.17) is 14.6 Å². The van der Waals surface area contributed by atoms with Gasteiger partial charge in [-0.1, -0.05) is 30.3 Å². The highest BCUT2D eigenvalue weighted by Gasteiger charge is 2.28. The number of aliphatic carboxylic acids is 1. The molecule has 3 N–H and O–H groups in total. The van der Waals surface area contributed by atoms with Gasteiger partial charge in [-0.25, -0.2) is 14.0 Å². The Morgan fingerprint density at radius 3 is 2.48 bits per heavy atom. The minimum Gasteiger partial charge on any atom is -0.505 e. The average Bonchev–Trinajstić information content (AvgIpc) is 2.75. The molecule has 0 aliphatic carbocycles. The lowest BCUT2D eigenvalue weighted by atomic mass is 10.00. The van der Waals surface area contributed by atoms with Gasteiger partial charge < -0.3 is 19.7 Å². The standard InChI is InChI=1S/C22H22FNO7/c1-30-18(9-5-6-10-19(26)27)20(15-11-12-17(25)16(23)13-15)31-22(29)24-21(28)14-7-3-2-4-8-14/h2-4,6-8,10-13,18,20,25H,5,9H2,1H3,(H,26,27)(H,24,28,29)/b10-6+/t18-,20-/m0/s1. The van der Waals surface area contributed by atoms with Gasteiger partial charge in [0.25, 0.3) is 5.91 Å². The SMILES string of the molecule is CO[C@@H](CC/C=C/C(=O)O)[C@@H](OC(=O)NC(=O)c1ccccc1)c1ccc(O)c(F)c1. The fraction of sp³-hybridized carbons (Fsp3) is 0.227. The van der Waals surface area contributed by atoms with E-state index in [1.807, 2.05) is 0 Å². The van der Waals surface area contributed by atoms with Crippen molar-refractivity contribution in [2.75, 3.05) is 7.11 Å². The third-order valence-electron chi connectivity index (χ3n) is 4.30. The van der Waals surface area contributed by atoms with Crippen molar-refractivity contribution in [1.82, 2.24) is 5.32 Å². The Hall–Kier alpha value is -3.72. The normalized spacial score (nSPS) is 12.8. The third-order valence-corrected chi connectivity index (χ3v) is 4.30. The predicted molar refractivity (Wildman–Crippen MR) is 108 cm³/mol. The molecule has 0 fully saturated rings. The average molecular weight is 431 g/mol. The summed E-state index contributed by atoms with van der Waals surface area (Å²) in [5, 5.41) is 20.2. The van der Waals surface area contributed by atoms with E-state index in [1.165, 1.54) is 31.4 Å². The molecule has 0 saturated heterocycles. The van der Waals surface area contributed by atoms with Crippen LogP contribution < -0.4 is 5.32 Å². The number of allylic oxidation sites excluding steroid dienone is 1. The molecular formula is C22H22FNO7. The van der Waals surface area contributed by atoms with Gasteiger partial charge >= 0.3 is 12.1 Å². The minimum absolute atomic E-state index is 0.187. The van der Waals surface area contributed by atoms with E-state index in [0.717, 1.165) is 18.2 Å². The van der Waals surface area contributed by atoms with E-state index in [0.29, 0.717) is 0 Å². The number of nitrogens with one attached hydrogen (secondary N) is 1. The Bertz CT molecular complexity index is 946. The van der Waals surface area contributed by atoms with Crippen molar-refractivity contribution in [3.8, 4) is 5.75 Å². The van der Waals surface area contributed by atoms with Crippen molar-refractivity contribution in [3.05, 3.63) is 77.6 Å². The second-order valence-electron chi connectivity index (χ2n) is 6.45. The van der Waals surface area contributed by atoms with Crippen LogP contribution in [0, 0.1) is 5.82 Å². The molecule has 31 heavy (non-hydrogen) atoms. The Morgan fingerprint density at radius 1 is 1.16 bits per heavy atom. The summed E-state index contributed by atoms with van der Waals surface area (Å²) in [5.74, 6) is -3.29. The second-order valence-corrected chi connectivity index (χ2v) is 6.45. The van der Waals surface area contributed by atoms with Gasteiger partial charge in [-0.15, -0.1) is 0 Å². The number of carbonyl (C=O) groups excluding carboxylic acids is 2. The van der Waals surface area contributed by atoms with E-state index >= 15 is 0 Å². The summed E-state index contributed by atoms with van der Waals surface area (Å²) in [6.45, 7) is 0. The van der Waals surface area contributed by atoms with Crippen molar-refractivity contribution >= 4 is 18.0 Å². The molecular weight excluding hydrogens is 409 g/mol. The first-order valence-corrected chi connectivity index (χ1v) is 9.29. The zero-order valence-corrected chi connectivity index (χ0v) is 16.7. The summed E-state index contributed by atoms with van der Waals surface area (Å²) in [7, 11) is 1.35. The number of carboxylic acid groups (broad SMARTS) is 1. The van der Waals surface area contributed by atoms with Crippen molar-refractivity contribution < 1.29 is 38.5 Å². The first-order chi connectivity index (χ1) is 14.8. The zero-order chi connectivity index (χ0) is 22.8. The first kappa shape index (κ1) is 23.6. The van der Waals surface area contributed by atoms with Crippen molar-refractivity contribution in [2.45, 2.75) is 25.0 Å². The quantitative estimate of drug-likeness (QED) is 0.519. The van der Waals surface area contributed by atoms with E-state index in [1.54, 1.807) is 18.2 Å². The maximum absolute atomic E-state index is 13.9. The summed E-state index contributed by atoms with van der Waals surface area (Å²) in [5.41, 5.74) is 0.431. The molecule has 2 aromatic rings. The Labute approximate surface area is 177 Å². The molecule has 2 amide bonds. The number of phenolic OH excluding ortho intramolecular Hbond substituents is 1. The molecule has 8 nitrogen and oxygen atoms in total. The van der Waals surface area contributed by atoms with Gasteiger partial charge in [0, 0.05) is 18.7 Å². The molecule has 0 radical (unpaired) electrons. The van der Waals surface area contributed by atoms with Gasteiger partial charge in [0.15, 0.2) is 17.7 Å². The Balaban J connectivity index is 2.19. The fourth-order valence-electron chi connectivity index (χ4n) is 2.80. The minimum atomic E-state index is -1.14. The topological polar surface area (TPSA) is 122 Å². The highest BCUT2D eigenvalue weighted by atomic mass is 19.1. The molecule has 2 rings (SSSR count). The molecule has 0 aromatic heterocycles. The molecule has 2 aromatic carbocycles. The monoisotopic (exact) mass is 431 g/mol. The third kappa shape index (κ3) is 7.23. The van der Waals surface area contributed by atoms with Gasteiger partial charge in [-0.2, -0.15) is 0 Å². The number of methoxy groups -OCH3 is 1. The van der Waals surface area contributed by atoms with E-state index in [-0.39, 0.29) is 24.0 Å². The summed E-state index contributed by atoms with van der Waals surface area (Å²) in [6.07, 6.45) is -0.128. The lowest BCUT2D eigenvalue weighted by Crippen LogP contribution is -2.35. The Morgan fingerprint density at radius 2 is 1.87 bits per heavy atom. The number of ether oxygens (including phenoxy) is 2. The summed E-state index contributed by atoms with van der Waals surface area (Å²) < 4.78 is 24.6. The number of amides is 2. The van der Waals surface area contributed by atoms with E-state index in [2.05, 4.69) is 5.32 Å². The molecule has 0 unspecified atom stereocenters. The van der Waals surface area contributed by atoms with Crippen LogP contribution >= 0.6 is 0 Å². The number of phenols is 1. The number of halogens is 1. The number of imide groups is 1. The highest BCUT2D eigenvalue weighted by molar-refractivity contribution is 6.02. The fourth-order valence-corrected chi connectivity index (χ4v) is 2.80. The maximum Gasteiger partial charge on any atom is 0.414 e. The van der Waals surface area contributed by atoms with Crippen molar-refractivity contribution in [1.29, 1.82) is 0 Å².